The number of anilines is 1. The van der Waals surface area contributed by atoms with Gasteiger partial charge in [-0.25, -0.2) is 9.97 Å². The van der Waals surface area contributed by atoms with Crippen LogP contribution in [0.15, 0.2) is 22.8 Å². The van der Waals surface area contributed by atoms with Crippen LogP contribution in [0.4, 0.5) is 5.95 Å². The highest BCUT2D eigenvalue weighted by Crippen LogP contribution is 2.39. The number of fused-ring (bicyclic) bond motifs is 5. The molecule has 0 spiro atoms. The van der Waals surface area contributed by atoms with Crippen LogP contribution in [0.25, 0.3) is 27.4 Å². The SMILES string of the molecule is c1coc(-c2nc3c4c5c(sc4nc(NCC4CCCO4)n3n2)CCC5)c1. The Morgan fingerprint density at radius 1 is 1.26 bits per heavy atom. The summed E-state index contributed by atoms with van der Waals surface area (Å²) in [6.07, 6.45) is 7.53. The number of nitrogens with one attached hydrogen (secondary N) is 1. The molecule has 1 aliphatic carbocycles. The standard InChI is InChI=1S/C19H19N5O2S/c1-5-12-14(7-1)27-18-15(12)17-21-16(13-6-3-9-26-13)23-24(17)19(22-18)20-10-11-4-2-8-25-11/h3,6,9,11H,1-2,4-5,7-8,10H2,(H,20,22). The number of ether oxygens (including phenoxy) is 1. The third kappa shape index (κ3) is 2.47. The van der Waals surface area contributed by atoms with Gasteiger partial charge in [-0.1, -0.05) is 0 Å². The van der Waals surface area contributed by atoms with Gasteiger partial charge < -0.3 is 14.5 Å². The summed E-state index contributed by atoms with van der Waals surface area (Å²) in [5.41, 5.74) is 2.26. The molecule has 8 heteroatoms. The summed E-state index contributed by atoms with van der Waals surface area (Å²) in [6.45, 7) is 1.58. The maximum atomic E-state index is 5.74. The molecule has 27 heavy (non-hydrogen) atoms. The van der Waals surface area contributed by atoms with Gasteiger partial charge in [0.25, 0.3) is 0 Å². The maximum Gasteiger partial charge on any atom is 0.227 e. The molecule has 0 radical (unpaired) electrons. The molecule has 1 fully saturated rings. The Bertz CT molecular complexity index is 1120. The van der Waals surface area contributed by atoms with E-state index in [1.54, 1.807) is 17.6 Å². The number of rotatable bonds is 4. The molecule has 1 N–H and O–H groups in total. The smallest absolute Gasteiger partial charge is 0.227 e. The number of hydrogen-bond donors (Lipinski definition) is 1. The number of aryl methyl sites for hydroxylation is 2. The van der Waals surface area contributed by atoms with Crippen LogP contribution in [0.5, 0.6) is 0 Å². The molecule has 0 aromatic carbocycles. The van der Waals surface area contributed by atoms with Crippen molar-refractivity contribution in [3.8, 4) is 11.6 Å². The van der Waals surface area contributed by atoms with Gasteiger partial charge in [0.05, 0.1) is 17.8 Å². The molecule has 1 atom stereocenters. The van der Waals surface area contributed by atoms with Crippen LogP contribution in [-0.2, 0) is 17.6 Å². The van der Waals surface area contributed by atoms with Crippen molar-refractivity contribution < 1.29 is 9.15 Å². The molecule has 1 unspecified atom stereocenters. The van der Waals surface area contributed by atoms with Crippen molar-refractivity contribution in [3.05, 3.63) is 28.8 Å². The lowest BCUT2D eigenvalue weighted by Crippen LogP contribution is -2.20. The van der Waals surface area contributed by atoms with Crippen molar-refractivity contribution in [2.45, 2.75) is 38.2 Å². The highest BCUT2D eigenvalue weighted by Gasteiger charge is 2.25. The molecule has 138 valence electrons. The summed E-state index contributed by atoms with van der Waals surface area (Å²) in [5.74, 6) is 1.98. The summed E-state index contributed by atoms with van der Waals surface area (Å²) in [4.78, 5) is 12.2. The Kier molecular flexibility index (Phi) is 3.48. The second-order valence-electron chi connectivity index (χ2n) is 7.14. The Morgan fingerprint density at radius 3 is 3.11 bits per heavy atom. The summed E-state index contributed by atoms with van der Waals surface area (Å²) >= 11 is 1.79. The van der Waals surface area contributed by atoms with Gasteiger partial charge in [-0.05, 0) is 49.8 Å². The molecule has 5 heterocycles. The van der Waals surface area contributed by atoms with Gasteiger partial charge in [-0.3, -0.25) is 0 Å². The zero-order chi connectivity index (χ0) is 17.8. The number of aromatic nitrogens is 4. The number of thiophene rings is 1. The lowest BCUT2D eigenvalue weighted by molar-refractivity contribution is 0.120. The fourth-order valence-electron chi connectivity index (χ4n) is 4.10. The summed E-state index contributed by atoms with van der Waals surface area (Å²) in [6, 6.07) is 3.74. The van der Waals surface area contributed by atoms with Crippen LogP contribution < -0.4 is 5.32 Å². The quantitative estimate of drug-likeness (QED) is 0.581. The molecule has 6 rings (SSSR count). The van der Waals surface area contributed by atoms with E-state index in [4.69, 9.17) is 24.2 Å². The fraction of sp³-hybridized carbons (Fsp3) is 0.421. The van der Waals surface area contributed by atoms with E-state index in [0.717, 1.165) is 60.6 Å². The van der Waals surface area contributed by atoms with E-state index >= 15 is 0 Å². The average molecular weight is 381 g/mol. The van der Waals surface area contributed by atoms with E-state index in [-0.39, 0.29) is 6.10 Å². The number of nitrogens with zero attached hydrogens (tertiary/aromatic N) is 4. The van der Waals surface area contributed by atoms with Crippen LogP contribution in [0.1, 0.15) is 29.7 Å². The first kappa shape index (κ1) is 15.6. The van der Waals surface area contributed by atoms with Crippen LogP contribution in [0.3, 0.4) is 0 Å². The van der Waals surface area contributed by atoms with Crippen molar-refractivity contribution in [1.29, 1.82) is 0 Å². The molecule has 4 aromatic rings. The van der Waals surface area contributed by atoms with Gasteiger partial charge in [0.1, 0.15) is 4.83 Å². The lowest BCUT2D eigenvalue weighted by atomic mass is 10.2. The molecular weight excluding hydrogens is 362 g/mol. The largest absolute Gasteiger partial charge is 0.461 e. The third-order valence-electron chi connectivity index (χ3n) is 5.39. The van der Waals surface area contributed by atoms with Gasteiger partial charge >= 0.3 is 0 Å². The highest BCUT2D eigenvalue weighted by atomic mass is 32.1. The second kappa shape index (κ2) is 6.03. The molecule has 4 aromatic heterocycles. The Morgan fingerprint density at radius 2 is 2.26 bits per heavy atom. The van der Waals surface area contributed by atoms with Crippen LogP contribution in [-0.4, -0.2) is 38.8 Å². The Labute approximate surface area is 159 Å². The van der Waals surface area contributed by atoms with Crippen LogP contribution in [0, 0.1) is 0 Å². The molecule has 2 aliphatic rings. The first-order chi connectivity index (χ1) is 13.4. The highest BCUT2D eigenvalue weighted by molar-refractivity contribution is 7.19. The fourth-order valence-corrected chi connectivity index (χ4v) is 5.36. The van der Waals surface area contributed by atoms with Gasteiger partial charge in [-0.2, -0.15) is 4.52 Å². The average Bonchev–Trinajstić information content (AvgIpc) is 3.48. The van der Waals surface area contributed by atoms with Crippen molar-refractivity contribution in [1.82, 2.24) is 19.6 Å². The van der Waals surface area contributed by atoms with Crippen molar-refractivity contribution in [2.24, 2.45) is 0 Å². The molecule has 7 nitrogen and oxygen atoms in total. The Hall–Kier alpha value is -2.45. The Balaban J connectivity index is 1.52. The molecule has 1 saturated heterocycles. The topological polar surface area (TPSA) is 77.5 Å². The van der Waals surface area contributed by atoms with Gasteiger partial charge in [0, 0.05) is 18.0 Å². The minimum absolute atomic E-state index is 0.235. The van der Waals surface area contributed by atoms with Crippen LogP contribution in [0.2, 0.25) is 0 Å². The van der Waals surface area contributed by atoms with E-state index in [1.807, 2.05) is 16.6 Å². The predicted octanol–water partition coefficient (Wildman–Crippen LogP) is 3.68. The summed E-state index contributed by atoms with van der Waals surface area (Å²) in [5, 5.41) is 9.30. The van der Waals surface area contributed by atoms with E-state index in [1.165, 1.54) is 16.9 Å². The molecule has 0 saturated carbocycles. The van der Waals surface area contributed by atoms with E-state index in [0.29, 0.717) is 11.6 Å². The molecular formula is C19H19N5O2S. The number of hydrogen-bond acceptors (Lipinski definition) is 7. The van der Waals surface area contributed by atoms with Crippen molar-refractivity contribution >= 4 is 33.1 Å². The minimum Gasteiger partial charge on any atom is -0.461 e. The van der Waals surface area contributed by atoms with E-state index in [2.05, 4.69) is 5.32 Å². The monoisotopic (exact) mass is 381 g/mol. The zero-order valence-corrected chi connectivity index (χ0v) is 15.6. The minimum atomic E-state index is 0.235. The van der Waals surface area contributed by atoms with Crippen molar-refractivity contribution in [3.63, 3.8) is 0 Å². The first-order valence-corrected chi connectivity index (χ1v) is 10.3. The molecule has 0 bridgehead atoms. The van der Waals surface area contributed by atoms with Crippen LogP contribution >= 0.6 is 11.3 Å². The lowest BCUT2D eigenvalue weighted by Gasteiger charge is -2.12. The molecule has 0 amide bonds. The normalized spacial score (nSPS) is 19.3. The van der Waals surface area contributed by atoms with Gasteiger partial charge in [0.2, 0.25) is 11.8 Å². The predicted molar refractivity (Wildman–Crippen MR) is 103 cm³/mol. The maximum absolute atomic E-state index is 5.74. The second-order valence-corrected chi connectivity index (χ2v) is 8.22. The third-order valence-corrected chi connectivity index (χ3v) is 6.58. The van der Waals surface area contributed by atoms with E-state index < -0.39 is 0 Å². The van der Waals surface area contributed by atoms with E-state index in [9.17, 15) is 0 Å². The van der Waals surface area contributed by atoms with Crippen molar-refractivity contribution in [2.75, 3.05) is 18.5 Å². The zero-order valence-electron chi connectivity index (χ0n) is 14.8. The summed E-state index contributed by atoms with van der Waals surface area (Å²) < 4.78 is 13.1. The summed E-state index contributed by atoms with van der Waals surface area (Å²) in [7, 11) is 0. The van der Waals surface area contributed by atoms with Gasteiger partial charge in [-0.15, -0.1) is 16.4 Å². The molecule has 1 aliphatic heterocycles. The van der Waals surface area contributed by atoms with Gasteiger partial charge in [0.15, 0.2) is 11.4 Å². The first-order valence-electron chi connectivity index (χ1n) is 9.47. The number of furan rings is 1.